The molecular formula is C15H19NO3. The van der Waals surface area contributed by atoms with E-state index >= 15 is 0 Å². The van der Waals surface area contributed by atoms with Crippen LogP contribution >= 0.6 is 0 Å². The van der Waals surface area contributed by atoms with Gasteiger partial charge in [-0.25, -0.2) is 0 Å². The third-order valence-corrected chi connectivity index (χ3v) is 3.88. The van der Waals surface area contributed by atoms with Gasteiger partial charge in [0.1, 0.15) is 6.61 Å². The zero-order valence-electron chi connectivity index (χ0n) is 11.2. The first kappa shape index (κ1) is 12.3. The number of carbonyl (C=O) groups excluding carboxylic acids is 1. The molecule has 0 aromatic heterocycles. The summed E-state index contributed by atoms with van der Waals surface area (Å²) in [4.78, 5) is 14.3. The summed E-state index contributed by atoms with van der Waals surface area (Å²) in [6.07, 6.45) is 1.66. The number of piperidine rings is 1. The Labute approximate surface area is 113 Å². The first-order valence-corrected chi connectivity index (χ1v) is 6.91. The monoisotopic (exact) mass is 261 g/mol. The summed E-state index contributed by atoms with van der Waals surface area (Å²) in [5.41, 5.74) is 0. The lowest BCUT2D eigenvalue weighted by atomic mass is 9.99. The fraction of sp³-hybridized carbons (Fsp3) is 0.533. The lowest BCUT2D eigenvalue weighted by molar-refractivity contribution is -0.142. The Kier molecular flexibility index (Phi) is 3.32. The van der Waals surface area contributed by atoms with Crippen LogP contribution in [0.4, 0.5) is 0 Å². The topological polar surface area (TPSA) is 38.8 Å². The highest BCUT2D eigenvalue weighted by Gasteiger charge is 2.32. The fourth-order valence-electron chi connectivity index (χ4n) is 2.57. The summed E-state index contributed by atoms with van der Waals surface area (Å²) in [5, 5.41) is 0. The highest BCUT2D eigenvalue weighted by Crippen LogP contribution is 2.31. The Hall–Kier alpha value is -1.71. The molecule has 4 heteroatoms. The Bertz CT molecular complexity index is 466. The van der Waals surface area contributed by atoms with Crippen molar-refractivity contribution < 1.29 is 14.3 Å². The summed E-state index contributed by atoms with van der Waals surface area (Å²) in [6.45, 7) is 4.21. The number of rotatable bonds is 1. The number of likely N-dealkylation sites (tertiary alicyclic amines) is 1. The van der Waals surface area contributed by atoms with E-state index in [2.05, 4.69) is 6.92 Å². The lowest BCUT2D eigenvalue weighted by Gasteiger charge is -2.34. The molecule has 0 aliphatic carbocycles. The number of amides is 1. The largest absolute Gasteiger partial charge is 0.485 e. The van der Waals surface area contributed by atoms with E-state index in [1.54, 1.807) is 0 Å². The molecule has 4 nitrogen and oxygen atoms in total. The molecule has 102 valence electrons. The molecule has 0 bridgehead atoms. The van der Waals surface area contributed by atoms with Crippen molar-refractivity contribution in [3.8, 4) is 11.5 Å². The average Bonchev–Trinajstić information content (AvgIpc) is 2.47. The van der Waals surface area contributed by atoms with Gasteiger partial charge in [0.05, 0.1) is 0 Å². The Balaban J connectivity index is 1.66. The van der Waals surface area contributed by atoms with Crippen LogP contribution in [-0.4, -0.2) is 36.6 Å². The average molecular weight is 261 g/mol. The van der Waals surface area contributed by atoms with Gasteiger partial charge in [0.25, 0.3) is 5.91 Å². The first-order chi connectivity index (χ1) is 9.24. The van der Waals surface area contributed by atoms with Gasteiger partial charge in [-0.3, -0.25) is 4.79 Å². The molecule has 2 aliphatic rings. The number of fused-ring (bicyclic) bond motifs is 1. The van der Waals surface area contributed by atoms with Crippen LogP contribution in [0.5, 0.6) is 11.5 Å². The number of carbonyl (C=O) groups is 1. The number of benzene rings is 1. The molecule has 1 aromatic carbocycles. The number of nitrogens with zero attached hydrogens (tertiary/aromatic N) is 1. The Morgan fingerprint density at radius 1 is 1.21 bits per heavy atom. The van der Waals surface area contributed by atoms with Gasteiger partial charge in [-0.2, -0.15) is 0 Å². The van der Waals surface area contributed by atoms with Gasteiger partial charge < -0.3 is 14.4 Å². The maximum atomic E-state index is 12.4. The van der Waals surface area contributed by atoms with Crippen molar-refractivity contribution in [3.05, 3.63) is 24.3 Å². The van der Waals surface area contributed by atoms with E-state index in [4.69, 9.17) is 9.47 Å². The molecule has 1 saturated heterocycles. The summed E-state index contributed by atoms with van der Waals surface area (Å²) in [6, 6.07) is 7.49. The van der Waals surface area contributed by atoms with Crippen molar-refractivity contribution in [2.24, 2.45) is 5.92 Å². The van der Waals surface area contributed by atoms with Crippen LogP contribution in [0.25, 0.3) is 0 Å². The molecule has 1 atom stereocenters. The second-order valence-corrected chi connectivity index (χ2v) is 5.37. The number of ether oxygens (including phenoxy) is 2. The minimum absolute atomic E-state index is 0.0569. The van der Waals surface area contributed by atoms with E-state index in [0.717, 1.165) is 31.7 Å². The van der Waals surface area contributed by atoms with Gasteiger partial charge in [-0.1, -0.05) is 19.1 Å². The zero-order valence-corrected chi connectivity index (χ0v) is 11.2. The minimum atomic E-state index is -0.497. The van der Waals surface area contributed by atoms with Crippen molar-refractivity contribution >= 4 is 5.91 Å². The van der Waals surface area contributed by atoms with E-state index < -0.39 is 6.10 Å². The predicted molar refractivity (Wildman–Crippen MR) is 71.3 cm³/mol. The van der Waals surface area contributed by atoms with Gasteiger partial charge in [-0.15, -0.1) is 0 Å². The molecule has 1 aromatic rings. The summed E-state index contributed by atoms with van der Waals surface area (Å²) in [7, 11) is 0. The minimum Gasteiger partial charge on any atom is -0.485 e. The first-order valence-electron chi connectivity index (χ1n) is 6.91. The van der Waals surface area contributed by atoms with Gasteiger partial charge in [-0.05, 0) is 30.9 Å². The van der Waals surface area contributed by atoms with Crippen molar-refractivity contribution in [2.75, 3.05) is 19.7 Å². The van der Waals surface area contributed by atoms with Crippen LogP contribution in [0.1, 0.15) is 19.8 Å². The summed E-state index contributed by atoms with van der Waals surface area (Å²) in [5.74, 6) is 2.16. The summed E-state index contributed by atoms with van der Waals surface area (Å²) >= 11 is 0. The number of para-hydroxylation sites is 2. The van der Waals surface area contributed by atoms with Crippen LogP contribution < -0.4 is 9.47 Å². The van der Waals surface area contributed by atoms with Gasteiger partial charge in [0, 0.05) is 13.1 Å². The molecule has 1 fully saturated rings. The second kappa shape index (κ2) is 5.11. The molecule has 2 heterocycles. The maximum absolute atomic E-state index is 12.4. The van der Waals surface area contributed by atoms with E-state index in [0.29, 0.717) is 18.3 Å². The van der Waals surface area contributed by atoms with Gasteiger partial charge >= 0.3 is 0 Å². The van der Waals surface area contributed by atoms with Crippen molar-refractivity contribution in [1.29, 1.82) is 0 Å². The SMILES string of the molecule is CC1CCN(C(=O)[C@@H]2COc3ccccc3O2)CC1. The highest BCUT2D eigenvalue weighted by atomic mass is 16.6. The predicted octanol–water partition coefficient (Wildman–Crippen LogP) is 2.08. The molecule has 0 saturated carbocycles. The van der Waals surface area contributed by atoms with Crippen LogP contribution in [0, 0.1) is 5.92 Å². The van der Waals surface area contributed by atoms with E-state index in [-0.39, 0.29) is 5.91 Å². The normalized spacial score (nSPS) is 23.2. The molecule has 2 aliphatic heterocycles. The van der Waals surface area contributed by atoms with Crippen LogP contribution in [-0.2, 0) is 4.79 Å². The third kappa shape index (κ3) is 2.53. The standard InChI is InChI=1S/C15H19NO3/c1-11-6-8-16(9-7-11)15(17)14-10-18-12-4-2-3-5-13(12)19-14/h2-5,11,14H,6-10H2,1H3/t14-/m0/s1. The van der Waals surface area contributed by atoms with E-state index in [9.17, 15) is 4.79 Å². The molecule has 0 spiro atoms. The molecule has 0 radical (unpaired) electrons. The van der Waals surface area contributed by atoms with Crippen LogP contribution in [0.15, 0.2) is 24.3 Å². The van der Waals surface area contributed by atoms with Crippen LogP contribution in [0.2, 0.25) is 0 Å². The maximum Gasteiger partial charge on any atom is 0.267 e. The molecule has 0 N–H and O–H groups in total. The number of hydrogen-bond acceptors (Lipinski definition) is 3. The van der Waals surface area contributed by atoms with Crippen molar-refractivity contribution in [2.45, 2.75) is 25.9 Å². The smallest absolute Gasteiger partial charge is 0.267 e. The Morgan fingerprint density at radius 3 is 2.63 bits per heavy atom. The molecule has 0 unspecified atom stereocenters. The van der Waals surface area contributed by atoms with E-state index in [1.165, 1.54) is 0 Å². The van der Waals surface area contributed by atoms with Crippen LogP contribution in [0.3, 0.4) is 0 Å². The highest BCUT2D eigenvalue weighted by molar-refractivity contribution is 5.82. The van der Waals surface area contributed by atoms with E-state index in [1.807, 2.05) is 29.2 Å². The third-order valence-electron chi connectivity index (χ3n) is 3.88. The molecular weight excluding hydrogens is 242 g/mol. The van der Waals surface area contributed by atoms with Gasteiger partial charge in [0.2, 0.25) is 6.10 Å². The molecule has 19 heavy (non-hydrogen) atoms. The quantitative estimate of drug-likeness (QED) is 0.777. The summed E-state index contributed by atoms with van der Waals surface area (Å²) < 4.78 is 11.4. The van der Waals surface area contributed by atoms with Crippen molar-refractivity contribution in [3.63, 3.8) is 0 Å². The molecule has 3 rings (SSSR count). The molecule has 1 amide bonds. The number of hydrogen-bond donors (Lipinski definition) is 0. The van der Waals surface area contributed by atoms with Crippen molar-refractivity contribution in [1.82, 2.24) is 4.90 Å². The zero-order chi connectivity index (χ0) is 13.2. The second-order valence-electron chi connectivity index (χ2n) is 5.37. The Morgan fingerprint density at radius 2 is 1.89 bits per heavy atom. The lowest BCUT2D eigenvalue weighted by Crippen LogP contribution is -2.48. The fourth-order valence-corrected chi connectivity index (χ4v) is 2.57. The van der Waals surface area contributed by atoms with Gasteiger partial charge in [0.15, 0.2) is 11.5 Å².